The summed E-state index contributed by atoms with van der Waals surface area (Å²) in [6, 6.07) is -1.57. The number of carboxylic acids is 1. The third kappa shape index (κ3) is 7.10. The first-order valence-corrected chi connectivity index (χ1v) is 13.1. The molecule has 0 aromatic rings. The molecule has 2 heterocycles. The molecule has 2 aliphatic heterocycles. The van der Waals surface area contributed by atoms with E-state index in [0.29, 0.717) is 0 Å². The number of ether oxygens (including phenoxy) is 3. The molecule has 2 rings (SSSR count). The second kappa shape index (κ2) is 10.4. The molecule has 0 radical (unpaired) electrons. The molecule has 0 aromatic heterocycles. The van der Waals surface area contributed by atoms with Crippen LogP contribution < -0.4 is 4.72 Å². The Morgan fingerprint density at radius 1 is 1.08 bits per heavy atom. The van der Waals surface area contributed by atoms with Crippen LogP contribution >= 0.6 is 0 Å². The first-order chi connectivity index (χ1) is 16.1. The third-order valence-electron chi connectivity index (χ3n) is 6.18. The Labute approximate surface area is 207 Å². The minimum absolute atomic E-state index is 0.590. The molecule has 1 saturated heterocycles. The largest absolute Gasteiger partial charge is 0.735 e. The predicted molar refractivity (Wildman–Crippen MR) is 113 cm³/mol. The number of aliphatic carboxylic acids is 1. The maximum absolute atomic E-state index is 11.4. The fourth-order valence-electron chi connectivity index (χ4n) is 4.09. The van der Waals surface area contributed by atoms with Gasteiger partial charge in [0.2, 0.25) is 16.2 Å². The van der Waals surface area contributed by atoms with Crippen LogP contribution in [-0.4, -0.2) is 114 Å². The van der Waals surface area contributed by atoms with Crippen molar-refractivity contribution in [1.82, 2.24) is 4.72 Å². The summed E-state index contributed by atoms with van der Waals surface area (Å²) < 4.78 is 89.7. The molecule has 7 atom stereocenters. The summed E-state index contributed by atoms with van der Waals surface area (Å²) in [4.78, 5) is 11.3. The van der Waals surface area contributed by atoms with Crippen LogP contribution in [0.2, 0.25) is 0 Å². The van der Waals surface area contributed by atoms with Crippen LogP contribution in [0.15, 0.2) is 11.8 Å². The molecule has 18 heteroatoms. The first kappa shape index (κ1) is 30.8. The van der Waals surface area contributed by atoms with Gasteiger partial charge in [0.1, 0.15) is 12.2 Å². The van der Waals surface area contributed by atoms with Crippen molar-refractivity contribution in [1.29, 1.82) is 0 Å². The summed E-state index contributed by atoms with van der Waals surface area (Å²) in [6.45, 7) is 3.00. The average molecular weight is 564 g/mol. The minimum Gasteiger partial charge on any atom is -0.735 e. The van der Waals surface area contributed by atoms with Gasteiger partial charge in [-0.05, 0) is 26.8 Å². The summed E-state index contributed by atoms with van der Waals surface area (Å²) in [7, 11) is -10.3. The van der Waals surface area contributed by atoms with Crippen molar-refractivity contribution in [3.63, 3.8) is 0 Å². The topological polar surface area (TPSA) is 261 Å². The molecule has 36 heavy (non-hydrogen) atoms. The monoisotopic (exact) mass is 563 g/mol. The van der Waals surface area contributed by atoms with Gasteiger partial charge in [-0.1, -0.05) is 6.92 Å². The van der Waals surface area contributed by atoms with Crippen LogP contribution in [0.3, 0.4) is 0 Å². The molecule has 0 amide bonds. The fraction of sp³-hybridized carbons (Fsp3) is 0.833. The lowest BCUT2D eigenvalue weighted by Crippen LogP contribution is -2.71. The van der Waals surface area contributed by atoms with Gasteiger partial charge in [0.05, 0.1) is 43.7 Å². The van der Waals surface area contributed by atoms with Gasteiger partial charge in [-0.25, -0.2) is 26.4 Å². The second-order valence-corrected chi connectivity index (χ2v) is 11.8. The molecule has 0 saturated carbocycles. The van der Waals surface area contributed by atoms with Crippen LogP contribution in [0.1, 0.15) is 27.7 Å². The van der Waals surface area contributed by atoms with E-state index in [1.807, 2.05) is 0 Å². The molecule has 16 nitrogen and oxygen atoms in total. The van der Waals surface area contributed by atoms with Crippen molar-refractivity contribution >= 4 is 26.7 Å². The lowest BCUT2D eigenvalue weighted by atomic mass is 9.70. The van der Waals surface area contributed by atoms with Gasteiger partial charge >= 0.3 is 5.97 Å². The summed E-state index contributed by atoms with van der Waals surface area (Å²) in [5.41, 5.74) is -5.15. The molecule has 0 aliphatic carbocycles. The smallest absolute Gasteiger partial charge is 0.370 e. The Hall–Kier alpha value is -1.45. The molecular weight excluding hydrogens is 534 g/mol. The standard InChI is InChI=1S/C18H31NO15S2/c1-16(2)12(19-35(25,26)27)14(22)17(3,11(34-16)6-32-36(28,29)30)7-31-8-18(4)13(21)9(20)5-10(33-18)15(23)24/h5,9,11-14,19-22H,6-8H2,1-4H3,(H,23,24)(H,25,26,27)(H,28,29,30)/p-2/t9-,11?,12?,13?,14+,17-,18-/m1/s1. The summed E-state index contributed by atoms with van der Waals surface area (Å²) in [5.74, 6) is -2.19. The Morgan fingerprint density at radius 3 is 2.17 bits per heavy atom. The Kier molecular flexibility index (Phi) is 8.86. The number of hydrogen-bond donors (Lipinski definition) is 5. The molecular formula is C18H29NO15S2-2. The lowest BCUT2D eigenvalue weighted by Gasteiger charge is -2.55. The molecule has 210 valence electrons. The quantitative estimate of drug-likeness (QED) is 0.130. The van der Waals surface area contributed by atoms with Crippen LogP contribution in [0, 0.1) is 5.41 Å². The van der Waals surface area contributed by atoms with E-state index in [0.717, 1.165) is 6.08 Å². The first-order valence-electron chi connectivity index (χ1n) is 10.4. The van der Waals surface area contributed by atoms with Crippen molar-refractivity contribution in [3.05, 3.63) is 11.8 Å². The summed E-state index contributed by atoms with van der Waals surface area (Å²) in [5, 5.41) is 40.5. The number of rotatable bonds is 10. The zero-order chi connectivity index (χ0) is 27.9. The second-order valence-electron chi connectivity index (χ2n) is 9.58. The van der Waals surface area contributed by atoms with Crippen molar-refractivity contribution in [2.45, 2.75) is 69.4 Å². The molecule has 0 spiro atoms. The molecule has 0 aromatic carbocycles. The van der Waals surface area contributed by atoms with Crippen molar-refractivity contribution < 1.29 is 69.6 Å². The Bertz CT molecular complexity index is 1070. The highest BCUT2D eigenvalue weighted by molar-refractivity contribution is 7.83. The van der Waals surface area contributed by atoms with Gasteiger partial charge in [0.25, 0.3) is 0 Å². The third-order valence-corrected chi connectivity index (χ3v) is 7.15. The van der Waals surface area contributed by atoms with E-state index < -0.39 is 99.3 Å². The number of carboxylic acid groups (broad SMARTS) is 1. The van der Waals surface area contributed by atoms with E-state index in [9.17, 15) is 46.1 Å². The zero-order valence-corrected chi connectivity index (χ0v) is 21.3. The zero-order valence-electron chi connectivity index (χ0n) is 19.7. The predicted octanol–water partition coefficient (Wildman–Crippen LogP) is -3.08. The highest BCUT2D eigenvalue weighted by atomic mass is 32.3. The maximum atomic E-state index is 11.4. The number of carbonyl (C=O) groups is 1. The average Bonchev–Trinajstić information content (AvgIpc) is 2.70. The minimum atomic E-state index is -5.20. The van der Waals surface area contributed by atoms with Gasteiger partial charge < -0.3 is 43.7 Å². The van der Waals surface area contributed by atoms with E-state index in [4.69, 9.17) is 19.3 Å². The lowest BCUT2D eigenvalue weighted by molar-refractivity contribution is -0.254. The maximum Gasteiger partial charge on any atom is 0.370 e. The van der Waals surface area contributed by atoms with Crippen molar-refractivity contribution in [3.8, 4) is 0 Å². The summed E-state index contributed by atoms with van der Waals surface area (Å²) >= 11 is 0. The number of aliphatic hydroxyl groups is 3. The Morgan fingerprint density at radius 2 is 1.67 bits per heavy atom. The SMILES string of the molecule is CC1(C)OC(COS(=O)(=O)[O-])[C@@](C)(COC[C@@]2(C)OC(C(=O)O)=C[C@@H](O)C2O)[C@@H](O)C1NS(=O)(=O)[O-]. The van der Waals surface area contributed by atoms with Gasteiger partial charge in [-0.2, -0.15) is 0 Å². The van der Waals surface area contributed by atoms with E-state index in [2.05, 4.69) is 4.18 Å². The van der Waals surface area contributed by atoms with Crippen LogP contribution in [0.25, 0.3) is 0 Å². The van der Waals surface area contributed by atoms with Crippen LogP contribution in [0.4, 0.5) is 0 Å². The number of aliphatic hydroxyl groups excluding tert-OH is 3. The Balaban J connectivity index is 2.33. The highest BCUT2D eigenvalue weighted by Crippen LogP contribution is 2.42. The van der Waals surface area contributed by atoms with Gasteiger partial charge in [-0.15, -0.1) is 0 Å². The van der Waals surface area contributed by atoms with Crippen molar-refractivity contribution in [2.24, 2.45) is 5.41 Å². The fourth-order valence-corrected chi connectivity index (χ4v) is 5.11. The highest BCUT2D eigenvalue weighted by Gasteiger charge is 2.57. The summed E-state index contributed by atoms with van der Waals surface area (Å²) in [6.07, 6.45) is -5.68. The van der Waals surface area contributed by atoms with Gasteiger partial charge in [0, 0.05) is 5.41 Å². The molecule has 5 N–H and O–H groups in total. The molecule has 0 bridgehead atoms. The molecule has 2 aliphatic rings. The van der Waals surface area contributed by atoms with E-state index in [1.165, 1.54) is 27.7 Å². The number of nitrogens with one attached hydrogen (secondary N) is 1. The molecule has 3 unspecified atom stereocenters. The normalized spacial score (nSPS) is 37.1. The van der Waals surface area contributed by atoms with Gasteiger partial charge in [-0.3, -0.25) is 4.18 Å². The van der Waals surface area contributed by atoms with Crippen molar-refractivity contribution in [2.75, 3.05) is 19.8 Å². The van der Waals surface area contributed by atoms with Crippen LogP contribution in [0.5, 0.6) is 0 Å². The number of hydrogen-bond acceptors (Lipinski definition) is 14. The van der Waals surface area contributed by atoms with E-state index >= 15 is 0 Å². The van der Waals surface area contributed by atoms with Crippen LogP contribution in [-0.2, 0) is 43.9 Å². The van der Waals surface area contributed by atoms with E-state index in [-0.39, 0.29) is 0 Å². The van der Waals surface area contributed by atoms with E-state index in [1.54, 1.807) is 4.72 Å². The van der Waals surface area contributed by atoms with Gasteiger partial charge in [0.15, 0.2) is 15.9 Å². The molecule has 1 fully saturated rings.